The van der Waals surface area contributed by atoms with Crippen molar-refractivity contribution in [2.45, 2.75) is 13.0 Å². The van der Waals surface area contributed by atoms with Crippen molar-refractivity contribution in [2.75, 3.05) is 13.2 Å². The molecular weight excluding hydrogens is 316 g/mol. The summed E-state index contributed by atoms with van der Waals surface area (Å²) in [5, 5.41) is 17.1. The van der Waals surface area contributed by atoms with Gasteiger partial charge in [-0.15, -0.1) is 0 Å². The first kappa shape index (κ1) is 17.1. The summed E-state index contributed by atoms with van der Waals surface area (Å²) in [6.45, 7) is 0.969. The van der Waals surface area contributed by atoms with E-state index in [-0.39, 0.29) is 6.54 Å². The summed E-state index contributed by atoms with van der Waals surface area (Å²) in [7, 11) is 0. The van der Waals surface area contributed by atoms with Crippen molar-refractivity contribution in [1.29, 1.82) is 0 Å². The summed E-state index contributed by atoms with van der Waals surface area (Å²) in [4.78, 5) is 20.9. The summed E-state index contributed by atoms with van der Waals surface area (Å²) in [6.07, 6.45) is -0.478. The first-order valence-corrected chi connectivity index (χ1v) is 7.23. The number of rotatable bonds is 8. The van der Waals surface area contributed by atoms with Crippen molar-refractivity contribution >= 4 is 12.1 Å². The fraction of sp³-hybridized carbons (Fsp3) is 0.267. The second kappa shape index (κ2) is 8.42. The van der Waals surface area contributed by atoms with Gasteiger partial charge in [-0.25, -0.2) is 9.59 Å². The van der Waals surface area contributed by atoms with Crippen LogP contribution in [0.1, 0.15) is 12.2 Å². The van der Waals surface area contributed by atoms with Gasteiger partial charge in [0.25, 0.3) is 0 Å². The third-order valence-corrected chi connectivity index (χ3v) is 3.01. The van der Waals surface area contributed by atoms with E-state index in [2.05, 4.69) is 15.8 Å². The van der Waals surface area contributed by atoms with E-state index in [0.717, 1.165) is 5.56 Å². The molecule has 1 aromatic heterocycles. The van der Waals surface area contributed by atoms with Crippen LogP contribution in [0.3, 0.4) is 0 Å². The number of hydrogen-bond acceptors (Lipinski definition) is 5. The average Bonchev–Trinajstić information content (AvgIpc) is 3.02. The predicted octanol–water partition coefficient (Wildman–Crippen LogP) is 1.55. The number of urea groups is 1. The molecule has 2 aromatic rings. The number of nitrogens with zero attached hydrogens (tertiary/aromatic N) is 1. The lowest BCUT2D eigenvalue weighted by Crippen LogP contribution is -2.30. The van der Waals surface area contributed by atoms with Crippen LogP contribution in [0.2, 0.25) is 0 Å². The highest BCUT2D eigenvalue weighted by atomic mass is 16.5. The Hall–Kier alpha value is -3.23. The standard InChI is InChI=1S/C15H18N4O5/c16-14(20)17-6-1-7-23-11-4-2-10(3-5-11)13-8-12(24-19-13)9-18-15(21)22/h2-5,8,18H,1,6-7,9H2,(H,21,22)(H3,16,17,20). The Kier molecular flexibility index (Phi) is 6.01. The molecule has 0 atom stereocenters. The Labute approximate surface area is 137 Å². The lowest BCUT2D eigenvalue weighted by atomic mass is 10.1. The number of nitrogens with one attached hydrogen (secondary N) is 2. The van der Waals surface area contributed by atoms with Gasteiger partial charge < -0.3 is 30.7 Å². The Balaban J connectivity index is 1.83. The highest BCUT2D eigenvalue weighted by Crippen LogP contribution is 2.22. The fourth-order valence-corrected chi connectivity index (χ4v) is 1.89. The van der Waals surface area contributed by atoms with Gasteiger partial charge in [-0.05, 0) is 30.7 Å². The third kappa shape index (κ3) is 5.52. The molecule has 0 saturated carbocycles. The smallest absolute Gasteiger partial charge is 0.405 e. The Morgan fingerprint density at radius 3 is 2.67 bits per heavy atom. The zero-order chi connectivity index (χ0) is 17.4. The first-order chi connectivity index (χ1) is 11.5. The second-order valence-corrected chi connectivity index (χ2v) is 4.85. The van der Waals surface area contributed by atoms with E-state index < -0.39 is 12.1 Å². The van der Waals surface area contributed by atoms with Gasteiger partial charge in [-0.2, -0.15) is 0 Å². The number of amides is 3. The molecule has 0 aliphatic heterocycles. The number of aromatic nitrogens is 1. The normalized spacial score (nSPS) is 10.2. The Morgan fingerprint density at radius 1 is 1.25 bits per heavy atom. The van der Waals surface area contributed by atoms with Crippen molar-refractivity contribution in [2.24, 2.45) is 5.73 Å². The maximum absolute atomic E-state index is 10.5. The lowest BCUT2D eigenvalue weighted by Gasteiger charge is -2.06. The molecule has 0 bridgehead atoms. The number of ether oxygens (including phenoxy) is 1. The van der Waals surface area contributed by atoms with Gasteiger partial charge in [0.1, 0.15) is 11.4 Å². The number of carbonyl (C=O) groups is 2. The monoisotopic (exact) mass is 334 g/mol. The molecule has 0 radical (unpaired) electrons. The van der Waals surface area contributed by atoms with Crippen LogP contribution in [0, 0.1) is 0 Å². The first-order valence-electron chi connectivity index (χ1n) is 7.23. The van der Waals surface area contributed by atoms with Crippen LogP contribution in [0.4, 0.5) is 9.59 Å². The topological polar surface area (TPSA) is 140 Å². The van der Waals surface area contributed by atoms with Crippen LogP contribution in [-0.4, -0.2) is 35.5 Å². The van der Waals surface area contributed by atoms with E-state index in [0.29, 0.717) is 36.8 Å². The van der Waals surface area contributed by atoms with Crippen LogP contribution >= 0.6 is 0 Å². The van der Waals surface area contributed by atoms with E-state index in [1.165, 1.54) is 0 Å². The van der Waals surface area contributed by atoms with Crippen molar-refractivity contribution in [3.05, 3.63) is 36.1 Å². The molecule has 3 amide bonds. The summed E-state index contributed by atoms with van der Waals surface area (Å²) in [5.41, 5.74) is 6.38. The van der Waals surface area contributed by atoms with Crippen molar-refractivity contribution < 1.29 is 24.0 Å². The van der Waals surface area contributed by atoms with Crippen LogP contribution in [0.25, 0.3) is 11.3 Å². The number of hydrogen-bond donors (Lipinski definition) is 4. The van der Waals surface area contributed by atoms with E-state index in [9.17, 15) is 9.59 Å². The van der Waals surface area contributed by atoms with Crippen LogP contribution in [-0.2, 0) is 6.54 Å². The Morgan fingerprint density at radius 2 is 2.00 bits per heavy atom. The molecule has 2 rings (SSSR count). The van der Waals surface area contributed by atoms with Gasteiger partial charge in [-0.1, -0.05) is 5.16 Å². The zero-order valence-corrected chi connectivity index (χ0v) is 12.8. The summed E-state index contributed by atoms with van der Waals surface area (Å²) >= 11 is 0. The van der Waals surface area contributed by atoms with E-state index in [1.54, 1.807) is 18.2 Å². The average molecular weight is 334 g/mol. The molecule has 0 unspecified atom stereocenters. The molecule has 128 valence electrons. The fourth-order valence-electron chi connectivity index (χ4n) is 1.89. The summed E-state index contributed by atoms with van der Waals surface area (Å²) in [5.74, 6) is 1.11. The summed E-state index contributed by atoms with van der Waals surface area (Å²) < 4.78 is 10.6. The lowest BCUT2D eigenvalue weighted by molar-refractivity contribution is 0.192. The predicted molar refractivity (Wildman–Crippen MR) is 84.5 cm³/mol. The van der Waals surface area contributed by atoms with Crippen LogP contribution in [0.15, 0.2) is 34.9 Å². The highest BCUT2D eigenvalue weighted by Gasteiger charge is 2.07. The minimum Gasteiger partial charge on any atom is -0.494 e. The van der Waals surface area contributed by atoms with E-state index >= 15 is 0 Å². The Bertz CT molecular complexity index is 683. The number of nitrogens with two attached hydrogens (primary N) is 1. The second-order valence-electron chi connectivity index (χ2n) is 4.85. The summed E-state index contributed by atoms with van der Waals surface area (Å²) in [6, 6.07) is 8.35. The van der Waals surface area contributed by atoms with E-state index in [4.69, 9.17) is 20.1 Å². The van der Waals surface area contributed by atoms with Crippen molar-refractivity contribution in [1.82, 2.24) is 15.8 Å². The molecule has 0 aliphatic rings. The number of carboxylic acid groups (broad SMARTS) is 1. The molecular formula is C15H18N4O5. The molecule has 5 N–H and O–H groups in total. The molecule has 9 nitrogen and oxygen atoms in total. The zero-order valence-electron chi connectivity index (χ0n) is 12.8. The minimum atomic E-state index is -1.12. The molecule has 9 heteroatoms. The number of benzene rings is 1. The van der Waals surface area contributed by atoms with Gasteiger partial charge >= 0.3 is 12.1 Å². The molecule has 0 spiro atoms. The van der Waals surface area contributed by atoms with Crippen LogP contribution < -0.4 is 21.1 Å². The van der Waals surface area contributed by atoms with Gasteiger partial charge in [0.2, 0.25) is 0 Å². The maximum atomic E-state index is 10.5. The molecule has 1 aromatic carbocycles. The number of primary amides is 1. The van der Waals surface area contributed by atoms with Crippen LogP contribution in [0.5, 0.6) is 5.75 Å². The SMILES string of the molecule is NC(=O)NCCCOc1ccc(-c2cc(CNC(=O)O)on2)cc1. The third-order valence-electron chi connectivity index (χ3n) is 3.01. The molecule has 1 heterocycles. The number of carbonyl (C=O) groups excluding carboxylic acids is 1. The molecule has 0 aliphatic carbocycles. The molecule has 0 fully saturated rings. The van der Waals surface area contributed by atoms with Crippen molar-refractivity contribution in [3.63, 3.8) is 0 Å². The minimum absolute atomic E-state index is 0.0584. The van der Waals surface area contributed by atoms with Gasteiger partial charge in [-0.3, -0.25) is 0 Å². The van der Waals surface area contributed by atoms with Gasteiger partial charge in [0, 0.05) is 18.2 Å². The van der Waals surface area contributed by atoms with Gasteiger partial charge in [0.15, 0.2) is 5.76 Å². The molecule has 0 saturated heterocycles. The quantitative estimate of drug-likeness (QED) is 0.540. The molecule has 24 heavy (non-hydrogen) atoms. The van der Waals surface area contributed by atoms with Crippen molar-refractivity contribution in [3.8, 4) is 17.0 Å². The highest BCUT2D eigenvalue weighted by molar-refractivity contribution is 5.71. The maximum Gasteiger partial charge on any atom is 0.405 e. The van der Waals surface area contributed by atoms with E-state index in [1.807, 2.05) is 12.1 Å². The largest absolute Gasteiger partial charge is 0.494 e. The van der Waals surface area contributed by atoms with Gasteiger partial charge in [0.05, 0.1) is 13.2 Å².